The highest BCUT2D eigenvalue weighted by atomic mass is 16.6. The molecule has 1 aliphatic rings. The lowest BCUT2D eigenvalue weighted by molar-refractivity contribution is -0.429. The number of carboxylic acids is 1. The Hall–Kier alpha value is -1.63. The maximum Gasteiger partial charge on any atom is 0.334 e. The molecule has 2 N–H and O–H groups in total. The van der Waals surface area contributed by atoms with Gasteiger partial charge in [0.15, 0.2) is 0 Å². The molecule has 66 valence electrons. The first-order chi connectivity index (χ1) is 5.54. The Labute approximate surface area is 67.4 Å². The van der Waals surface area contributed by atoms with E-state index in [2.05, 4.69) is 5.43 Å². The minimum absolute atomic E-state index is 0.356. The average Bonchev–Trinajstić information content (AvgIpc) is 2.30. The van der Waals surface area contributed by atoms with Gasteiger partial charge in [0, 0.05) is 7.05 Å². The van der Waals surface area contributed by atoms with Gasteiger partial charge in [-0.3, -0.25) is 10.1 Å². The summed E-state index contributed by atoms with van der Waals surface area (Å²) in [5, 5.41) is 20.0. The molecule has 7 nitrogen and oxygen atoms in total. The molecule has 0 saturated heterocycles. The lowest BCUT2D eigenvalue weighted by atomic mass is 10.2. The monoisotopic (exact) mass is 173 g/mol. The zero-order chi connectivity index (χ0) is 9.30. The van der Waals surface area contributed by atoms with Gasteiger partial charge in [-0.1, -0.05) is 0 Å². The van der Waals surface area contributed by atoms with Gasteiger partial charge < -0.3 is 10.5 Å². The molecule has 1 aliphatic heterocycles. The number of carbonyl (C=O) groups is 1. The molecular weight excluding hydrogens is 166 g/mol. The first kappa shape index (κ1) is 8.47. The summed E-state index contributed by atoms with van der Waals surface area (Å²) < 4.78 is 0. The van der Waals surface area contributed by atoms with Gasteiger partial charge in [0.05, 0.1) is 11.1 Å². The summed E-state index contributed by atoms with van der Waals surface area (Å²) in [6, 6.07) is -1.21. The van der Waals surface area contributed by atoms with Crippen LogP contribution in [0, 0.1) is 10.1 Å². The maximum absolute atomic E-state index is 10.5. The SMILES string of the molecule is CN1NC=C([N+](=O)[O-])C1C(=O)O. The molecule has 1 unspecified atom stereocenters. The van der Waals surface area contributed by atoms with E-state index in [0.717, 1.165) is 11.2 Å². The quantitative estimate of drug-likeness (QED) is 0.411. The van der Waals surface area contributed by atoms with Crippen LogP contribution in [0.1, 0.15) is 0 Å². The molecule has 0 aromatic heterocycles. The molecule has 0 spiro atoms. The predicted molar refractivity (Wildman–Crippen MR) is 37.4 cm³/mol. The van der Waals surface area contributed by atoms with Crippen LogP contribution in [0.15, 0.2) is 11.9 Å². The van der Waals surface area contributed by atoms with Gasteiger partial charge in [-0.2, -0.15) is 0 Å². The number of likely N-dealkylation sites (N-methyl/N-ethyl adjacent to an activating group) is 1. The maximum atomic E-state index is 10.5. The van der Waals surface area contributed by atoms with E-state index in [-0.39, 0.29) is 5.70 Å². The van der Waals surface area contributed by atoms with E-state index >= 15 is 0 Å². The van der Waals surface area contributed by atoms with Gasteiger partial charge >= 0.3 is 5.97 Å². The third-order valence-electron chi connectivity index (χ3n) is 1.53. The van der Waals surface area contributed by atoms with E-state index < -0.39 is 16.9 Å². The normalized spacial score (nSPS) is 23.1. The van der Waals surface area contributed by atoms with Gasteiger partial charge in [-0.25, -0.2) is 9.80 Å². The summed E-state index contributed by atoms with van der Waals surface area (Å²) in [7, 11) is 1.42. The molecule has 12 heavy (non-hydrogen) atoms. The van der Waals surface area contributed by atoms with Crippen molar-refractivity contribution in [3.8, 4) is 0 Å². The van der Waals surface area contributed by atoms with E-state index in [1.165, 1.54) is 7.05 Å². The molecule has 1 rings (SSSR count). The third-order valence-corrected chi connectivity index (χ3v) is 1.53. The Morgan fingerprint density at radius 3 is 2.83 bits per heavy atom. The minimum atomic E-state index is -1.24. The van der Waals surface area contributed by atoms with Crippen molar-refractivity contribution in [3.05, 3.63) is 22.0 Å². The molecule has 0 fully saturated rings. The van der Waals surface area contributed by atoms with E-state index in [0.29, 0.717) is 0 Å². The van der Waals surface area contributed by atoms with Crippen molar-refractivity contribution < 1.29 is 14.8 Å². The highest BCUT2D eigenvalue weighted by Crippen LogP contribution is 2.13. The van der Waals surface area contributed by atoms with Crippen LogP contribution in [0.5, 0.6) is 0 Å². The van der Waals surface area contributed by atoms with Crippen LogP contribution in [-0.2, 0) is 4.79 Å². The Bertz CT molecular complexity index is 261. The average molecular weight is 173 g/mol. The van der Waals surface area contributed by atoms with Crippen molar-refractivity contribution in [3.63, 3.8) is 0 Å². The van der Waals surface area contributed by atoms with Crippen LogP contribution in [-0.4, -0.2) is 34.1 Å². The van der Waals surface area contributed by atoms with Crippen LogP contribution in [0.3, 0.4) is 0 Å². The minimum Gasteiger partial charge on any atom is -0.480 e. The van der Waals surface area contributed by atoms with Gasteiger partial charge in [0.25, 0.3) is 5.70 Å². The second kappa shape index (κ2) is 2.78. The molecule has 0 saturated carbocycles. The molecule has 0 bridgehead atoms. The molecular formula is C5H7N3O4. The first-order valence-corrected chi connectivity index (χ1v) is 3.10. The fourth-order valence-corrected chi connectivity index (χ4v) is 0.965. The number of carboxylic acid groups (broad SMARTS) is 1. The number of nitro groups is 1. The second-order valence-corrected chi connectivity index (χ2v) is 2.31. The zero-order valence-corrected chi connectivity index (χ0v) is 6.22. The Morgan fingerprint density at radius 2 is 2.50 bits per heavy atom. The predicted octanol–water partition coefficient (Wildman–Crippen LogP) is -0.992. The highest BCUT2D eigenvalue weighted by Gasteiger charge is 2.39. The van der Waals surface area contributed by atoms with Crippen molar-refractivity contribution in [2.24, 2.45) is 0 Å². The van der Waals surface area contributed by atoms with E-state index in [9.17, 15) is 14.9 Å². The van der Waals surface area contributed by atoms with E-state index in [1.807, 2.05) is 0 Å². The van der Waals surface area contributed by atoms with Crippen LogP contribution in [0.4, 0.5) is 0 Å². The number of rotatable bonds is 2. The molecule has 0 aromatic rings. The number of hydrazine groups is 1. The number of nitrogens with zero attached hydrogens (tertiary/aromatic N) is 2. The third kappa shape index (κ3) is 1.21. The van der Waals surface area contributed by atoms with Crippen molar-refractivity contribution >= 4 is 5.97 Å². The molecule has 0 radical (unpaired) electrons. The largest absolute Gasteiger partial charge is 0.480 e. The van der Waals surface area contributed by atoms with Crippen LogP contribution < -0.4 is 5.43 Å². The topological polar surface area (TPSA) is 95.7 Å². The molecule has 1 atom stereocenters. The first-order valence-electron chi connectivity index (χ1n) is 3.10. The fourth-order valence-electron chi connectivity index (χ4n) is 0.965. The Kier molecular flexibility index (Phi) is 1.96. The molecule has 1 heterocycles. The van der Waals surface area contributed by atoms with Crippen molar-refractivity contribution in [1.82, 2.24) is 10.4 Å². The summed E-state index contributed by atoms with van der Waals surface area (Å²) >= 11 is 0. The van der Waals surface area contributed by atoms with Gasteiger partial charge in [-0.05, 0) is 0 Å². The van der Waals surface area contributed by atoms with Crippen molar-refractivity contribution in [2.45, 2.75) is 6.04 Å². The molecule has 0 aromatic carbocycles. The fraction of sp³-hybridized carbons (Fsp3) is 0.400. The number of hydrogen-bond acceptors (Lipinski definition) is 5. The van der Waals surface area contributed by atoms with Crippen LogP contribution in [0.2, 0.25) is 0 Å². The number of aliphatic carboxylic acids is 1. The van der Waals surface area contributed by atoms with Gasteiger partial charge in [-0.15, -0.1) is 0 Å². The molecule has 0 aliphatic carbocycles. The summed E-state index contributed by atoms with van der Waals surface area (Å²) in [6.07, 6.45) is 1.07. The van der Waals surface area contributed by atoms with Crippen LogP contribution in [0.25, 0.3) is 0 Å². The standard InChI is InChI=1S/C5H7N3O4/c1-7-4(5(9)10)3(2-6-7)8(11)12/h2,4,6H,1H3,(H,9,10). The number of nitrogens with one attached hydrogen (secondary N) is 1. The highest BCUT2D eigenvalue weighted by molar-refractivity contribution is 5.77. The molecule has 0 amide bonds. The zero-order valence-electron chi connectivity index (χ0n) is 6.22. The summed E-state index contributed by atoms with van der Waals surface area (Å²) in [6.45, 7) is 0. The Morgan fingerprint density at radius 1 is 1.92 bits per heavy atom. The van der Waals surface area contributed by atoms with Crippen molar-refractivity contribution in [1.29, 1.82) is 0 Å². The summed E-state index contributed by atoms with van der Waals surface area (Å²) in [5.74, 6) is -1.24. The van der Waals surface area contributed by atoms with Crippen molar-refractivity contribution in [2.75, 3.05) is 7.05 Å². The lowest BCUT2D eigenvalue weighted by Crippen LogP contribution is -2.41. The number of hydrogen-bond donors (Lipinski definition) is 2. The van der Waals surface area contributed by atoms with Gasteiger partial charge in [0.2, 0.25) is 6.04 Å². The lowest BCUT2D eigenvalue weighted by Gasteiger charge is -2.13. The van der Waals surface area contributed by atoms with Crippen LogP contribution >= 0.6 is 0 Å². The van der Waals surface area contributed by atoms with Gasteiger partial charge in [0.1, 0.15) is 0 Å². The second-order valence-electron chi connectivity index (χ2n) is 2.31. The van der Waals surface area contributed by atoms with E-state index in [4.69, 9.17) is 5.11 Å². The van der Waals surface area contributed by atoms with E-state index in [1.54, 1.807) is 0 Å². The smallest absolute Gasteiger partial charge is 0.334 e. The summed E-state index contributed by atoms with van der Waals surface area (Å²) in [5.41, 5.74) is 2.07. The molecule has 7 heteroatoms. The summed E-state index contributed by atoms with van der Waals surface area (Å²) in [4.78, 5) is 20.1. The Balaban J connectivity index is 2.88.